The third-order valence-corrected chi connectivity index (χ3v) is 6.73. The van der Waals surface area contributed by atoms with Crippen LogP contribution in [0.3, 0.4) is 0 Å². The molecule has 0 aromatic carbocycles. The molecular formula is C19H37N5OS. The topological polar surface area (TPSA) is 74.0 Å². The summed E-state index contributed by atoms with van der Waals surface area (Å²) in [4.78, 5) is 21.0. The summed E-state index contributed by atoms with van der Waals surface area (Å²) >= 11 is 2.09. The van der Waals surface area contributed by atoms with E-state index in [1.807, 2.05) is 0 Å². The number of piperidine rings is 1. The van der Waals surface area contributed by atoms with Crippen LogP contribution in [0.25, 0.3) is 0 Å². The van der Waals surface area contributed by atoms with Gasteiger partial charge in [0.05, 0.1) is 0 Å². The number of carbonyl (C=O) groups excluding carboxylic acids is 1. The Kier molecular flexibility index (Phi) is 9.61. The van der Waals surface area contributed by atoms with Gasteiger partial charge < -0.3 is 20.9 Å². The van der Waals surface area contributed by atoms with E-state index >= 15 is 0 Å². The highest BCUT2D eigenvalue weighted by atomic mass is 32.2. The number of aliphatic imine (C=N–C) groups is 1. The molecule has 7 heteroatoms. The van der Waals surface area contributed by atoms with Gasteiger partial charge in [0.15, 0.2) is 5.96 Å². The number of primary amides is 1. The fraction of sp³-hybridized carbons (Fsp3) is 0.895. The fourth-order valence-corrected chi connectivity index (χ4v) is 4.84. The van der Waals surface area contributed by atoms with E-state index in [2.05, 4.69) is 40.7 Å². The average molecular weight is 384 g/mol. The van der Waals surface area contributed by atoms with Gasteiger partial charge in [0.1, 0.15) is 0 Å². The van der Waals surface area contributed by atoms with E-state index in [0.29, 0.717) is 0 Å². The molecule has 0 aromatic heterocycles. The predicted octanol–water partition coefficient (Wildman–Crippen LogP) is 1.76. The Labute approximate surface area is 163 Å². The number of nitrogens with one attached hydrogen (secondary N) is 1. The highest BCUT2D eigenvalue weighted by molar-refractivity contribution is 8.00. The van der Waals surface area contributed by atoms with Gasteiger partial charge in [-0.3, -0.25) is 9.79 Å². The van der Waals surface area contributed by atoms with E-state index in [1.54, 1.807) is 0 Å². The number of carbonyl (C=O) groups is 1. The lowest BCUT2D eigenvalue weighted by Crippen LogP contribution is -2.48. The molecule has 1 unspecified atom stereocenters. The maximum atomic E-state index is 11.2. The van der Waals surface area contributed by atoms with E-state index < -0.39 is 0 Å². The molecule has 1 amide bonds. The van der Waals surface area contributed by atoms with Crippen LogP contribution in [-0.4, -0.2) is 78.5 Å². The Hall–Kier alpha value is -0.950. The molecular weight excluding hydrogens is 346 g/mol. The number of hydrogen-bond donors (Lipinski definition) is 2. The molecule has 1 atom stereocenters. The first-order valence-electron chi connectivity index (χ1n) is 10.3. The van der Waals surface area contributed by atoms with Gasteiger partial charge >= 0.3 is 0 Å². The fourth-order valence-electron chi connectivity index (χ4n) is 3.66. The van der Waals surface area contributed by atoms with Crippen LogP contribution in [0, 0.1) is 5.92 Å². The molecule has 2 fully saturated rings. The molecule has 0 aliphatic carbocycles. The summed E-state index contributed by atoms with van der Waals surface area (Å²) in [6.07, 6.45) is 5.35. The Morgan fingerprint density at radius 1 is 1.23 bits per heavy atom. The Balaban J connectivity index is 1.67. The zero-order chi connectivity index (χ0) is 18.8. The summed E-state index contributed by atoms with van der Waals surface area (Å²) in [5, 5.41) is 4.20. The van der Waals surface area contributed by atoms with E-state index in [9.17, 15) is 4.79 Å². The molecule has 2 heterocycles. The number of unbranched alkanes of at least 4 members (excludes halogenated alkanes) is 1. The predicted molar refractivity (Wildman–Crippen MR) is 112 cm³/mol. The van der Waals surface area contributed by atoms with Crippen molar-refractivity contribution in [2.45, 2.75) is 51.2 Å². The smallest absolute Gasteiger partial charge is 0.220 e. The Morgan fingerprint density at radius 3 is 2.65 bits per heavy atom. The van der Waals surface area contributed by atoms with Crippen LogP contribution in [0.15, 0.2) is 4.99 Å². The van der Waals surface area contributed by atoms with Crippen molar-refractivity contribution in [2.75, 3.05) is 51.6 Å². The Morgan fingerprint density at radius 2 is 2.00 bits per heavy atom. The summed E-state index contributed by atoms with van der Waals surface area (Å²) in [5.41, 5.74) is 5.40. The lowest BCUT2D eigenvalue weighted by Gasteiger charge is -2.34. The van der Waals surface area contributed by atoms with Crippen LogP contribution in [0.2, 0.25) is 0 Å². The van der Waals surface area contributed by atoms with Gasteiger partial charge in [0, 0.05) is 43.1 Å². The van der Waals surface area contributed by atoms with Crippen molar-refractivity contribution >= 4 is 23.6 Å². The zero-order valence-corrected chi connectivity index (χ0v) is 17.4. The number of guanidine groups is 1. The minimum atomic E-state index is -0.128. The van der Waals surface area contributed by atoms with Crippen molar-refractivity contribution in [3.8, 4) is 0 Å². The minimum absolute atomic E-state index is 0.0909. The first-order valence-corrected chi connectivity index (χ1v) is 11.3. The maximum Gasteiger partial charge on any atom is 0.220 e. The monoisotopic (exact) mass is 383 g/mol. The third kappa shape index (κ3) is 6.99. The van der Waals surface area contributed by atoms with Gasteiger partial charge in [-0.25, -0.2) is 0 Å². The molecule has 6 nitrogen and oxygen atoms in total. The number of hydrogen-bond acceptors (Lipinski definition) is 4. The molecule has 26 heavy (non-hydrogen) atoms. The van der Waals surface area contributed by atoms with Gasteiger partial charge in [-0.2, -0.15) is 11.8 Å². The number of likely N-dealkylation sites (tertiary alicyclic amines) is 1. The highest BCUT2D eigenvalue weighted by Gasteiger charge is 2.23. The number of rotatable bonds is 8. The summed E-state index contributed by atoms with van der Waals surface area (Å²) in [6, 6.07) is 0. The van der Waals surface area contributed by atoms with Crippen molar-refractivity contribution in [1.29, 1.82) is 0 Å². The van der Waals surface area contributed by atoms with Crippen molar-refractivity contribution in [3.63, 3.8) is 0 Å². The molecule has 2 saturated heterocycles. The third-order valence-electron chi connectivity index (χ3n) is 5.36. The molecule has 0 spiro atoms. The molecule has 0 aromatic rings. The summed E-state index contributed by atoms with van der Waals surface area (Å²) in [6.45, 7) is 11.6. The molecule has 2 aliphatic rings. The van der Waals surface area contributed by atoms with Crippen molar-refractivity contribution in [1.82, 2.24) is 15.1 Å². The second-order valence-corrected chi connectivity index (χ2v) is 8.72. The van der Waals surface area contributed by atoms with E-state index in [0.717, 1.165) is 82.7 Å². The maximum absolute atomic E-state index is 11.2. The van der Waals surface area contributed by atoms with Crippen LogP contribution in [-0.2, 0) is 4.79 Å². The summed E-state index contributed by atoms with van der Waals surface area (Å²) in [5.74, 6) is 2.25. The van der Waals surface area contributed by atoms with Crippen molar-refractivity contribution in [2.24, 2.45) is 16.6 Å². The number of nitrogens with two attached hydrogens (primary N) is 1. The van der Waals surface area contributed by atoms with Gasteiger partial charge in [0.2, 0.25) is 5.91 Å². The first-order chi connectivity index (χ1) is 12.6. The van der Waals surface area contributed by atoms with Gasteiger partial charge in [-0.1, -0.05) is 6.92 Å². The van der Waals surface area contributed by atoms with E-state index in [1.165, 1.54) is 12.2 Å². The molecule has 0 radical (unpaired) electrons. The molecule has 150 valence electrons. The molecule has 2 rings (SSSR count). The van der Waals surface area contributed by atoms with Gasteiger partial charge in [-0.05, 0) is 58.7 Å². The van der Waals surface area contributed by atoms with E-state index in [4.69, 9.17) is 10.7 Å². The molecule has 0 saturated carbocycles. The second-order valence-electron chi connectivity index (χ2n) is 7.31. The van der Waals surface area contributed by atoms with Crippen molar-refractivity contribution < 1.29 is 4.79 Å². The normalized spacial score (nSPS) is 23.2. The lowest BCUT2D eigenvalue weighted by atomic mass is 9.96. The minimum Gasteiger partial charge on any atom is -0.369 e. The first kappa shape index (κ1) is 21.4. The largest absolute Gasteiger partial charge is 0.369 e. The average Bonchev–Trinajstić information content (AvgIpc) is 2.67. The SMILES string of the molecule is CCNC(=NCCCCN1CCC(C(N)=O)CC1)N1CCSC(CC)C1. The second kappa shape index (κ2) is 11.7. The molecule has 0 bridgehead atoms. The highest BCUT2D eigenvalue weighted by Crippen LogP contribution is 2.21. The van der Waals surface area contributed by atoms with Crippen LogP contribution in [0.5, 0.6) is 0 Å². The van der Waals surface area contributed by atoms with Crippen LogP contribution in [0.1, 0.15) is 46.0 Å². The van der Waals surface area contributed by atoms with Crippen LogP contribution >= 0.6 is 11.8 Å². The standard InChI is InChI=1S/C19H37N5OS/c1-3-17-15-24(13-14-26-17)19(21-4-2)22-9-5-6-10-23-11-7-16(8-12-23)18(20)25/h16-17H,3-15H2,1-2H3,(H2,20,25)(H,21,22). The van der Waals surface area contributed by atoms with E-state index in [-0.39, 0.29) is 11.8 Å². The Bertz CT molecular complexity index is 451. The number of thioether (sulfide) groups is 1. The number of nitrogens with zero attached hydrogens (tertiary/aromatic N) is 3. The van der Waals surface area contributed by atoms with Crippen molar-refractivity contribution in [3.05, 3.63) is 0 Å². The molecule has 2 aliphatic heterocycles. The summed E-state index contributed by atoms with van der Waals surface area (Å²) in [7, 11) is 0. The zero-order valence-electron chi connectivity index (χ0n) is 16.6. The van der Waals surface area contributed by atoms with Gasteiger partial charge in [0.25, 0.3) is 0 Å². The van der Waals surface area contributed by atoms with Gasteiger partial charge in [-0.15, -0.1) is 0 Å². The quantitative estimate of drug-likeness (QED) is 0.379. The summed E-state index contributed by atoms with van der Waals surface area (Å²) < 4.78 is 0. The van der Waals surface area contributed by atoms with Crippen LogP contribution < -0.4 is 11.1 Å². The lowest BCUT2D eigenvalue weighted by molar-refractivity contribution is -0.123. The molecule has 3 N–H and O–H groups in total. The van der Waals surface area contributed by atoms with Crippen LogP contribution in [0.4, 0.5) is 0 Å². The number of amides is 1.